The van der Waals surface area contributed by atoms with E-state index in [9.17, 15) is 9.90 Å². The third kappa shape index (κ3) is 7.68. The smallest absolute Gasteiger partial charge is 0.410 e. The fourth-order valence-corrected chi connectivity index (χ4v) is 3.82. The van der Waals surface area contributed by atoms with Crippen LogP contribution in [0.25, 0.3) is 0 Å². The first-order valence-corrected chi connectivity index (χ1v) is 11.2. The number of carbonyl (C=O) groups excluding carboxylic acids is 1. The highest BCUT2D eigenvalue weighted by molar-refractivity contribution is 7.99. The maximum atomic E-state index is 12.7. The van der Waals surface area contributed by atoms with Crippen LogP contribution in [0.2, 0.25) is 0 Å². The highest BCUT2D eigenvalue weighted by Gasteiger charge is 2.22. The van der Waals surface area contributed by atoms with Gasteiger partial charge < -0.3 is 14.7 Å². The topological polar surface area (TPSA) is 49.8 Å². The van der Waals surface area contributed by atoms with Crippen LogP contribution in [0.15, 0.2) is 88.7 Å². The van der Waals surface area contributed by atoms with Gasteiger partial charge in [-0.15, -0.1) is 0 Å². The summed E-state index contributed by atoms with van der Waals surface area (Å²) in [6.07, 6.45) is 0.451. The molecule has 3 rings (SSSR count). The van der Waals surface area contributed by atoms with Gasteiger partial charge in [0.25, 0.3) is 0 Å². The van der Waals surface area contributed by atoms with E-state index in [1.54, 1.807) is 28.8 Å². The van der Waals surface area contributed by atoms with Crippen LogP contribution in [0.5, 0.6) is 5.75 Å². The summed E-state index contributed by atoms with van der Waals surface area (Å²) in [4.78, 5) is 16.7. The lowest BCUT2D eigenvalue weighted by Gasteiger charge is -2.27. The molecule has 3 aromatic carbocycles. The van der Waals surface area contributed by atoms with Crippen molar-refractivity contribution >= 4 is 17.9 Å². The van der Waals surface area contributed by atoms with Gasteiger partial charge in [0.2, 0.25) is 0 Å². The molecule has 0 saturated heterocycles. The minimum atomic E-state index is -0.529. The molecule has 0 unspecified atom stereocenters. The number of hydrogen-bond donors (Lipinski definition) is 1. The Morgan fingerprint density at radius 3 is 2.03 bits per heavy atom. The molecule has 1 N–H and O–H groups in total. The van der Waals surface area contributed by atoms with E-state index >= 15 is 0 Å². The quantitative estimate of drug-likeness (QED) is 0.459. The van der Waals surface area contributed by atoms with Gasteiger partial charge in [-0.3, -0.25) is 0 Å². The minimum absolute atomic E-state index is 0.268. The fourth-order valence-electron chi connectivity index (χ4n) is 3.00. The number of ether oxygens (including phenoxy) is 1. The van der Waals surface area contributed by atoms with Gasteiger partial charge in [0.1, 0.15) is 11.4 Å². The molecule has 0 radical (unpaired) electrons. The maximum Gasteiger partial charge on any atom is 0.410 e. The average Bonchev–Trinajstić information content (AvgIpc) is 2.73. The lowest BCUT2D eigenvalue weighted by atomic mass is 10.1. The molecule has 0 fully saturated rings. The van der Waals surface area contributed by atoms with Crippen molar-refractivity contribution in [3.63, 3.8) is 0 Å². The lowest BCUT2D eigenvalue weighted by Crippen LogP contribution is -2.37. The molecular formula is C26H29NO3S. The van der Waals surface area contributed by atoms with Crippen LogP contribution in [0.3, 0.4) is 0 Å². The van der Waals surface area contributed by atoms with E-state index < -0.39 is 5.60 Å². The van der Waals surface area contributed by atoms with Crippen molar-refractivity contribution < 1.29 is 14.6 Å². The number of benzene rings is 3. The standard InChI is InChI=1S/C26H29NO3S/c1-26(2,3)30-25(29)27(19-21-7-5-4-6-8-21)18-17-20-9-13-23(14-10-20)31-24-15-11-22(28)12-16-24/h4-16,28H,17-19H2,1-3H3. The van der Waals surface area contributed by atoms with Gasteiger partial charge in [0.05, 0.1) is 0 Å². The van der Waals surface area contributed by atoms with Crippen LogP contribution in [-0.4, -0.2) is 28.2 Å². The fraction of sp³-hybridized carbons (Fsp3) is 0.269. The molecule has 3 aromatic rings. The largest absolute Gasteiger partial charge is 0.508 e. The summed E-state index contributed by atoms with van der Waals surface area (Å²) in [5.74, 6) is 0.268. The van der Waals surface area contributed by atoms with Crippen molar-refractivity contribution in [2.24, 2.45) is 0 Å². The van der Waals surface area contributed by atoms with Crippen LogP contribution in [0.4, 0.5) is 4.79 Å². The van der Waals surface area contributed by atoms with Crippen molar-refractivity contribution in [3.8, 4) is 5.75 Å². The molecule has 0 aromatic heterocycles. The first-order chi connectivity index (χ1) is 14.8. The molecule has 162 valence electrons. The number of rotatable bonds is 7. The molecule has 1 amide bonds. The number of carbonyl (C=O) groups is 1. The highest BCUT2D eigenvalue weighted by atomic mass is 32.2. The molecule has 0 bridgehead atoms. The summed E-state index contributed by atoms with van der Waals surface area (Å²) >= 11 is 1.65. The van der Waals surface area contributed by atoms with Crippen molar-refractivity contribution in [1.29, 1.82) is 0 Å². The predicted octanol–water partition coefficient (Wildman–Crippen LogP) is 6.52. The van der Waals surface area contributed by atoms with E-state index in [1.807, 2.05) is 63.2 Å². The van der Waals surface area contributed by atoms with Gasteiger partial charge in [-0.1, -0.05) is 54.2 Å². The Morgan fingerprint density at radius 2 is 1.45 bits per heavy atom. The van der Waals surface area contributed by atoms with Crippen LogP contribution in [0.1, 0.15) is 31.9 Å². The number of phenols is 1. The summed E-state index contributed by atoms with van der Waals surface area (Å²) in [5.41, 5.74) is 1.71. The molecule has 0 heterocycles. The lowest BCUT2D eigenvalue weighted by molar-refractivity contribution is 0.0236. The third-order valence-corrected chi connectivity index (χ3v) is 5.55. The number of amides is 1. The van der Waals surface area contributed by atoms with Gasteiger partial charge in [0, 0.05) is 22.9 Å². The van der Waals surface area contributed by atoms with Gasteiger partial charge in [-0.25, -0.2) is 4.79 Å². The summed E-state index contributed by atoms with van der Waals surface area (Å²) in [6.45, 7) is 6.75. The summed E-state index contributed by atoms with van der Waals surface area (Å²) in [7, 11) is 0. The Labute approximate surface area is 188 Å². The number of nitrogens with zero attached hydrogens (tertiary/aromatic N) is 1. The van der Waals surface area contributed by atoms with Crippen molar-refractivity contribution in [2.45, 2.75) is 49.1 Å². The molecule has 4 nitrogen and oxygen atoms in total. The predicted molar refractivity (Wildman–Crippen MR) is 125 cm³/mol. The van der Waals surface area contributed by atoms with Gasteiger partial charge >= 0.3 is 6.09 Å². The van der Waals surface area contributed by atoms with E-state index in [1.165, 1.54) is 0 Å². The highest BCUT2D eigenvalue weighted by Crippen LogP contribution is 2.29. The minimum Gasteiger partial charge on any atom is -0.508 e. The zero-order valence-electron chi connectivity index (χ0n) is 18.2. The molecule has 0 atom stereocenters. The van der Waals surface area contributed by atoms with Crippen LogP contribution < -0.4 is 0 Å². The molecule has 5 heteroatoms. The molecule has 31 heavy (non-hydrogen) atoms. The normalized spacial score (nSPS) is 11.2. The molecule has 0 aliphatic carbocycles. The zero-order chi connectivity index (χ0) is 22.3. The molecular weight excluding hydrogens is 406 g/mol. The van der Waals surface area contributed by atoms with Crippen molar-refractivity contribution in [3.05, 3.63) is 90.0 Å². The summed E-state index contributed by atoms with van der Waals surface area (Å²) < 4.78 is 5.62. The van der Waals surface area contributed by atoms with Crippen molar-refractivity contribution in [1.82, 2.24) is 4.90 Å². The van der Waals surface area contributed by atoms with Crippen LogP contribution >= 0.6 is 11.8 Å². The average molecular weight is 436 g/mol. The second-order valence-electron chi connectivity index (χ2n) is 8.38. The van der Waals surface area contributed by atoms with Crippen LogP contribution in [0, 0.1) is 0 Å². The first kappa shape index (κ1) is 22.8. The molecule has 0 saturated carbocycles. The second-order valence-corrected chi connectivity index (χ2v) is 9.52. The monoisotopic (exact) mass is 435 g/mol. The van der Waals surface area contributed by atoms with E-state index in [2.05, 4.69) is 24.3 Å². The van der Waals surface area contributed by atoms with E-state index in [0.29, 0.717) is 13.1 Å². The second kappa shape index (κ2) is 10.4. The Bertz CT molecular complexity index is 964. The van der Waals surface area contributed by atoms with Gasteiger partial charge in [0.15, 0.2) is 0 Å². The zero-order valence-corrected chi connectivity index (χ0v) is 19.1. The Balaban J connectivity index is 1.62. The van der Waals surface area contributed by atoms with Crippen molar-refractivity contribution in [2.75, 3.05) is 6.54 Å². The summed E-state index contributed by atoms with van der Waals surface area (Å²) in [5, 5.41) is 9.41. The Kier molecular flexibility index (Phi) is 7.64. The van der Waals surface area contributed by atoms with Gasteiger partial charge in [-0.2, -0.15) is 0 Å². The first-order valence-electron chi connectivity index (χ1n) is 10.4. The third-order valence-electron chi connectivity index (χ3n) is 4.53. The number of hydrogen-bond acceptors (Lipinski definition) is 4. The van der Waals surface area contributed by atoms with E-state index in [-0.39, 0.29) is 11.8 Å². The summed E-state index contributed by atoms with van der Waals surface area (Å²) in [6, 6.07) is 25.5. The molecule has 0 aliphatic heterocycles. The van der Waals surface area contributed by atoms with E-state index in [0.717, 1.165) is 27.3 Å². The molecule has 0 aliphatic rings. The number of aromatic hydroxyl groups is 1. The molecule has 0 spiro atoms. The van der Waals surface area contributed by atoms with Crippen LogP contribution in [-0.2, 0) is 17.7 Å². The van der Waals surface area contributed by atoms with Gasteiger partial charge in [-0.05, 0) is 74.7 Å². The SMILES string of the molecule is CC(C)(C)OC(=O)N(CCc1ccc(Sc2ccc(O)cc2)cc1)Cc1ccccc1. The Hall–Kier alpha value is -2.92. The maximum absolute atomic E-state index is 12.7. The number of phenolic OH excluding ortho intramolecular Hbond substituents is 1. The Morgan fingerprint density at radius 1 is 0.871 bits per heavy atom. The van der Waals surface area contributed by atoms with E-state index in [4.69, 9.17) is 4.74 Å².